The molecule has 0 unspecified atom stereocenters. The molecule has 2 aliphatic rings. The van der Waals surface area contributed by atoms with Gasteiger partial charge in [0.2, 0.25) is 5.91 Å². The Kier molecular flexibility index (Phi) is 5.26. The maximum absolute atomic E-state index is 13.5. The number of nitrogens with zero attached hydrogens (tertiary/aromatic N) is 1. The van der Waals surface area contributed by atoms with Crippen LogP contribution in [-0.4, -0.2) is 48.3 Å². The van der Waals surface area contributed by atoms with E-state index in [1.54, 1.807) is 28.6 Å². The number of hydrogen-bond donors (Lipinski definition) is 2. The number of carbonyl (C=O) groups excluding carboxylic acids is 2. The molecule has 8 heteroatoms. The van der Waals surface area contributed by atoms with Crippen molar-refractivity contribution in [1.29, 1.82) is 0 Å². The largest absolute Gasteiger partial charge is 0.491 e. The van der Waals surface area contributed by atoms with Crippen molar-refractivity contribution in [3.05, 3.63) is 53.1 Å². The molecule has 0 bridgehead atoms. The Morgan fingerprint density at radius 2 is 1.70 bits per heavy atom. The van der Waals surface area contributed by atoms with E-state index in [2.05, 4.69) is 0 Å². The van der Waals surface area contributed by atoms with E-state index in [1.165, 1.54) is 0 Å². The van der Waals surface area contributed by atoms with Gasteiger partial charge in [0.05, 0.1) is 12.0 Å². The minimum absolute atomic E-state index is 0.0344. The quantitative estimate of drug-likeness (QED) is 0.593. The summed E-state index contributed by atoms with van der Waals surface area (Å²) < 4.78 is 17.0. The molecule has 0 saturated heterocycles. The number of benzene rings is 2. The number of hydroxylamine groups is 1. The molecule has 0 aliphatic carbocycles. The van der Waals surface area contributed by atoms with Crippen molar-refractivity contribution in [3.8, 4) is 17.2 Å². The summed E-state index contributed by atoms with van der Waals surface area (Å²) in [4.78, 5) is 26.9. The molecule has 2 heterocycles. The van der Waals surface area contributed by atoms with Crippen LogP contribution in [-0.2, 0) is 16.8 Å². The second-order valence-corrected chi connectivity index (χ2v) is 7.82. The second kappa shape index (κ2) is 7.87. The fourth-order valence-electron chi connectivity index (χ4n) is 3.70. The van der Waals surface area contributed by atoms with Crippen molar-refractivity contribution in [2.24, 2.45) is 0 Å². The van der Waals surface area contributed by atoms with Gasteiger partial charge in [-0.1, -0.05) is 12.1 Å². The van der Waals surface area contributed by atoms with Gasteiger partial charge in [0.1, 0.15) is 25.6 Å². The highest BCUT2D eigenvalue weighted by Gasteiger charge is 2.36. The zero-order valence-corrected chi connectivity index (χ0v) is 16.9. The highest BCUT2D eigenvalue weighted by molar-refractivity contribution is 5.94. The summed E-state index contributed by atoms with van der Waals surface area (Å²) in [5, 5.41) is 8.82. The van der Waals surface area contributed by atoms with Gasteiger partial charge in [-0.05, 0) is 43.7 Å². The van der Waals surface area contributed by atoms with E-state index in [0.717, 1.165) is 11.1 Å². The number of nitrogens with one attached hydrogen (secondary N) is 1. The smallest absolute Gasteiger partial charge is 0.274 e. The highest BCUT2D eigenvalue weighted by atomic mass is 16.6. The van der Waals surface area contributed by atoms with Crippen LogP contribution in [0.3, 0.4) is 0 Å². The second-order valence-electron chi connectivity index (χ2n) is 7.82. The average Bonchev–Trinajstić information content (AvgIpc) is 2.99. The van der Waals surface area contributed by atoms with Gasteiger partial charge in [-0.25, -0.2) is 5.48 Å². The third-order valence-corrected chi connectivity index (χ3v) is 5.50. The maximum Gasteiger partial charge on any atom is 0.274 e. The molecule has 2 aromatic carbocycles. The summed E-state index contributed by atoms with van der Waals surface area (Å²) in [5.74, 6) is 1.22. The van der Waals surface area contributed by atoms with E-state index in [-0.39, 0.29) is 11.5 Å². The Hall–Kier alpha value is -3.26. The number of carbonyl (C=O) groups is 2. The van der Waals surface area contributed by atoms with Crippen molar-refractivity contribution < 1.29 is 29.0 Å². The lowest BCUT2D eigenvalue weighted by Gasteiger charge is -2.32. The van der Waals surface area contributed by atoms with Crippen LogP contribution in [0.5, 0.6) is 17.2 Å². The van der Waals surface area contributed by atoms with Crippen LogP contribution in [0, 0.1) is 0 Å². The minimum atomic E-state index is -0.781. The molecule has 0 spiro atoms. The summed E-state index contributed by atoms with van der Waals surface area (Å²) in [7, 11) is 0. The van der Waals surface area contributed by atoms with Gasteiger partial charge in [-0.15, -0.1) is 0 Å². The van der Waals surface area contributed by atoms with E-state index in [0.29, 0.717) is 50.2 Å². The normalized spacial score (nSPS) is 15.5. The van der Waals surface area contributed by atoms with Crippen molar-refractivity contribution >= 4 is 11.8 Å². The van der Waals surface area contributed by atoms with Gasteiger partial charge in [0.25, 0.3) is 5.91 Å². The van der Waals surface area contributed by atoms with Gasteiger partial charge in [0.15, 0.2) is 11.5 Å². The molecule has 158 valence electrons. The van der Waals surface area contributed by atoms with E-state index in [4.69, 9.17) is 19.4 Å². The topological polar surface area (TPSA) is 97.3 Å². The molecule has 2 aromatic rings. The summed E-state index contributed by atoms with van der Waals surface area (Å²) in [5.41, 5.74) is 2.76. The van der Waals surface area contributed by atoms with Crippen molar-refractivity contribution in [1.82, 2.24) is 10.4 Å². The average molecular weight is 412 g/mol. The first-order chi connectivity index (χ1) is 14.4. The monoisotopic (exact) mass is 412 g/mol. The molecular formula is C22H24N2O6. The zero-order valence-electron chi connectivity index (χ0n) is 16.9. The summed E-state index contributed by atoms with van der Waals surface area (Å²) in [6, 6.07) is 10.5. The van der Waals surface area contributed by atoms with Gasteiger partial charge >= 0.3 is 0 Å². The fourth-order valence-corrected chi connectivity index (χ4v) is 3.70. The number of hydrogen-bond acceptors (Lipinski definition) is 6. The lowest BCUT2D eigenvalue weighted by molar-refractivity contribution is -0.137. The Morgan fingerprint density at radius 1 is 0.967 bits per heavy atom. The van der Waals surface area contributed by atoms with Gasteiger partial charge in [0, 0.05) is 17.7 Å². The summed E-state index contributed by atoms with van der Waals surface area (Å²) in [6.45, 7) is 5.88. The molecule has 2 aliphatic heterocycles. The van der Waals surface area contributed by atoms with Crippen molar-refractivity contribution in [3.63, 3.8) is 0 Å². The van der Waals surface area contributed by atoms with E-state index in [9.17, 15) is 9.59 Å². The fraction of sp³-hybridized carbons (Fsp3) is 0.364. The van der Waals surface area contributed by atoms with E-state index >= 15 is 0 Å². The molecule has 0 radical (unpaired) electrons. The summed E-state index contributed by atoms with van der Waals surface area (Å²) >= 11 is 0. The molecule has 0 atom stereocenters. The van der Waals surface area contributed by atoms with Crippen LogP contribution in [0.2, 0.25) is 0 Å². The standard InChI is InChI=1S/C22H24N2O6/c1-22(2,16-5-6-17-19(12-16)30-10-9-29-17)21(26)24-7-8-28-18-11-14(20(25)23-27)3-4-15(18)13-24/h3-6,11-12,27H,7-10,13H2,1-2H3,(H,23,25). The third kappa shape index (κ3) is 3.66. The maximum atomic E-state index is 13.5. The molecule has 0 fully saturated rings. The minimum Gasteiger partial charge on any atom is -0.491 e. The number of amides is 2. The van der Waals surface area contributed by atoms with Crippen LogP contribution in [0.15, 0.2) is 36.4 Å². The van der Waals surface area contributed by atoms with Crippen LogP contribution in [0.25, 0.3) is 0 Å². The predicted octanol–water partition coefficient (Wildman–Crippen LogP) is 2.28. The van der Waals surface area contributed by atoms with Crippen LogP contribution in [0.1, 0.15) is 35.3 Å². The first-order valence-electron chi connectivity index (χ1n) is 9.80. The molecule has 8 nitrogen and oxygen atoms in total. The Balaban J connectivity index is 1.57. The number of ether oxygens (including phenoxy) is 3. The number of rotatable bonds is 3. The molecule has 4 rings (SSSR count). The molecule has 2 N–H and O–H groups in total. The molecule has 30 heavy (non-hydrogen) atoms. The van der Waals surface area contributed by atoms with Crippen LogP contribution < -0.4 is 19.7 Å². The molecular weight excluding hydrogens is 388 g/mol. The van der Waals surface area contributed by atoms with E-state index in [1.807, 2.05) is 32.0 Å². The van der Waals surface area contributed by atoms with Crippen molar-refractivity contribution in [2.75, 3.05) is 26.4 Å². The van der Waals surface area contributed by atoms with Gasteiger partial charge < -0.3 is 19.1 Å². The first-order valence-corrected chi connectivity index (χ1v) is 9.80. The lowest BCUT2D eigenvalue weighted by Crippen LogP contribution is -2.44. The SMILES string of the molecule is CC(C)(C(=O)N1CCOc2cc(C(=O)NO)ccc2C1)c1ccc2c(c1)OCCO2. The van der Waals surface area contributed by atoms with E-state index < -0.39 is 11.3 Å². The first kappa shape index (κ1) is 20.0. The summed E-state index contributed by atoms with van der Waals surface area (Å²) in [6.07, 6.45) is 0. The molecule has 2 amide bonds. The third-order valence-electron chi connectivity index (χ3n) is 5.50. The molecule has 0 aromatic heterocycles. The predicted molar refractivity (Wildman–Crippen MR) is 107 cm³/mol. The lowest BCUT2D eigenvalue weighted by atomic mass is 9.82. The van der Waals surface area contributed by atoms with Crippen molar-refractivity contribution in [2.45, 2.75) is 25.8 Å². The van der Waals surface area contributed by atoms with Gasteiger partial charge in [-0.3, -0.25) is 14.8 Å². The Morgan fingerprint density at radius 3 is 2.47 bits per heavy atom. The Labute approximate surface area is 174 Å². The highest BCUT2D eigenvalue weighted by Crippen LogP contribution is 2.36. The van der Waals surface area contributed by atoms with Crippen LogP contribution in [0.4, 0.5) is 0 Å². The zero-order chi connectivity index (χ0) is 21.3. The molecule has 0 saturated carbocycles. The van der Waals surface area contributed by atoms with Gasteiger partial charge in [-0.2, -0.15) is 0 Å². The van der Waals surface area contributed by atoms with Crippen LogP contribution >= 0.6 is 0 Å². The Bertz CT molecular complexity index is 988. The number of fused-ring (bicyclic) bond motifs is 2.